The second-order valence-corrected chi connectivity index (χ2v) is 7.67. The van der Waals surface area contributed by atoms with Crippen molar-refractivity contribution in [3.8, 4) is 0 Å². The molecule has 0 fully saturated rings. The number of methoxy groups -OCH3 is 1. The summed E-state index contributed by atoms with van der Waals surface area (Å²) in [6.07, 6.45) is 0. The Kier molecular flexibility index (Phi) is 6.46. The summed E-state index contributed by atoms with van der Waals surface area (Å²) in [6, 6.07) is 14.3. The maximum absolute atomic E-state index is 14.3. The zero-order valence-corrected chi connectivity index (χ0v) is 17.7. The van der Waals surface area contributed by atoms with E-state index in [-0.39, 0.29) is 24.7 Å². The monoisotopic (exact) mass is 454 g/mol. The molecule has 0 unspecified atom stereocenters. The van der Waals surface area contributed by atoms with E-state index in [1.165, 1.54) is 36.3 Å². The second kappa shape index (κ2) is 9.46. The number of nitrogens with one attached hydrogen (secondary N) is 1. The molecule has 0 saturated heterocycles. The molecule has 0 spiro atoms. The second-order valence-electron chi connectivity index (χ2n) is 7.67. The Morgan fingerprint density at radius 3 is 2.39 bits per heavy atom. The lowest BCUT2D eigenvalue weighted by atomic mass is 9.79. The lowest BCUT2D eigenvalue weighted by molar-refractivity contribution is -0.119. The predicted octanol–water partition coefficient (Wildman–Crippen LogP) is 4.67. The van der Waals surface area contributed by atoms with Crippen LogP contribution in [0.3, 0.4) is 0 Å². The molecule has 2 amide bonds. The first-order valence-corrected chi connectivity index (χ1v) is 10.3. The van der Waals surface area contributed by atoms with Crippen molar-refractivity contribution in [2.45, 2.75) is 12.0 Å². The van der Waals surface area contributed by atoms with Crippen molar-refractivity contribution in [1.82, 2.24) is 4.90 Å². The van der Waals surface area contributed by atoms with E-state index in [9.17, 15) is 22.8 Å². The number of fused-ring (bicyclic) bond motifs is 1. The summed E-state index contributed by atoms with van der Waals surface area (Å²) in [7, 11) is 1.50. The molecule has 4 rings (SSSR count). The highest BCUT2D eigenvalue weighted by Gasteiger charge is 2.44. The van der Waals surface area contributed by atoms with Crippen LogP contribution in [0.2, 0.25) is 0 Å². The largest absolute Gasteiger partial charge is 0.383 e. The summed E-state index contributed by atoms with van der Waals surface area (Å²) in [5, 5.41) is 2.53. The molecule has 1 N–H and O–H groups in total. The number of halogens is 3. The Labute approximate surface area is 188 Å². The number of anilines is 1. The molecule has 0 radical (unpaired) electrons. The number of nitrogens with zero attached hydrogens (tertiary/aromatic N) is 1. The van der Waals surface area contributed by atoms with E-state index in [2.05, 4.69) is 5.32 Å². The first-order chi connectivity index (χ1) is 15.9. The zero-order valence-electron chi connectivity index (χ0n) is 17.7. The number of carbonyl (C=O) groups is 2. The minimum absolute atomic E-state index is 0.181. The molecule has 8 heteroatoms. The SMILES string of the molecule is COCCN1C(=O)c2ccccc2[C@H](C(=O)Nc2ccc(F)cc2F)[C@@H]1c1ccc(F)cc1. The predicted molar refractivity (Wildman–Crippen MR) is 116 cm³/mol. The molecule has 3 aromatic rings. The van der Waals surface area contributed by atoms with E-state index in [4.69, 9.17) is 4.74 Å². The van der Waals surface area contributed by atoms with Crippen LogP contribution in [0.1, 0.15) is 33.4 Å². The Hall–Kier alpha value is -3.65. The van der Waals surface area contributed by atoms with Crippen molar-refractivity contribution in [2.75, 3.05) is 25.6 Å². The standard InChI is InChI=1S/C25H21F3N2O3/c1-33-13-12-30-23(15-6-8-16(26)9-7-15)22(18-4-2-3-5-19(18)25(30)32)24(31)29-21-11-10-17(27)14-20(21)28/h2-11,14,22-23H,12-13H2,1H3,(H,29,31)/t22-,23-/m0/s1. The smallest absolute Gasteiger partial charge is 0.254 e. The van der Waals surface area contributed by atoms with Gasteiger partial charge in [-0.1, -0.05) is 30.3 Å². The Morgan fingerprint density at radius 1 is 1.00 bits per heavy atom. The zero-order chi connectivity index (χ0) is 23.5. The average Bonchev–Trinajstić information content (AvgIpc) is 2.80. The van der Waals surface area contributed by atoms with Crippen molar-refractivity contribution in [3.05, 3.63) is 101 Å². The van der Waals surface area contributed by atoms with Crippen molar-refractivity contribution in [1.29, 1.82) is 0 Å². The highest BCUT2D eigenvalue weighted by molar-refractivity contribution is 6.04. The van der Waals surface area contributed by atoms with Gasteiger partial charge in [0.25, 0.3) is 5.91 Å². The molecule has 0 bridgehead atoms. The lowest BCUT2D eigenvalue weighted by Crippen LogP contribution is -2.47. The third-order valence-corrected chi connectivity index (χ3v) is 5.66. The van der Waals surface area contributed by atoms with Crippen LogP contribution in [-0.4, -0.2) is 37.0 Å². The number of rotatable bonds is 6. The number of carbonyl (C=O) groups excluding carboxylic acids is 2. The van der Waals surface area contributed by atoms with Gasteiger partial charge >= 0.3 is 0 Å². The summed E-state index contributed by atoms with van der Waals surface area (Å²) in [5.41, 5.74) is 1.16. The quantitative estimate of drug-likeness (QED) is 0.589. The number of amides is 2. The molecule has 1 aliphatic heterocycles. The van der Waals surface area contributed by atoms with Gasteiger partial charge in [0.2, 0.25) is 5.91 Å². The van der Waals surface area contributed by atoms with Crippen LogP contribution in [-0.2, 0) is 9.53 Å². The van der Waals surface area contributed by atoms with Gasteiger partial charge in [0, 0.05) is 25.3 Å². The minimum atomic E-state index is -0.939. The molecular formula is C25H21F3N2O3. The number of ether oxygens (including phenoxy) is 1. The summed E-state index contributed by atoms with van der Waals surface area (Å²) in [5.74, 6) is -3.97. The van der Waals surface area contributed by atoms with Crippen LogP contribution < -0.4 is 5.32 Å². The fourth-order valence-corrected chi connectivity index (χ4v) is 4.14. The van der Waals surface area contributed by atoms with Crippen LogP contribution in [0.5, 0.6) is 0 Å². The number of hydrogen-bond donors (Lipinski definition) is 1. The van der Waals surface area contributed by atoms with E-state index >= 15 is 0 Å². The van der Waals surface area contributed by atoms with Gasteiger partial charge in [-0.15, -0.1) is 0 Å². The number of benzene rings is 3. The molecule has 3 aromatic carbocycles. The third-order valence-electron chi connectivity index (χ3n) is 5.66. The van der Waals surface area contributed by atoms with E-state index in [0.717, 1.165) is 12.1 Å². The first-order valence-electron chi connectivity index (χ1n) is 10.3. The van der Waals surface area contributed by atoms with E-state index in [0.29, 0.717) is 22.8 Å². The first kappa shape index (κ1) is 22.5. The summed E-state index contributed by atoms with van der Waals surface area (Å²) in [4.78, 5) is 28.4. The van der Waals surface area contributed by atoms with Crippen molar-refractivity contribution < 1.29 is 27.5 Å². The normalized spacial score (nSPS) is 17.6. The molecule has 2 atom stereocenters. The van der Waals surface area contributed by atoms with Gasteiger partial charge in [-0.25, -0.2) is 13.2 Å². The molecule has 0 saturated carbocycles. The van der Waals surface area contributed by atoms with Crippen LogP contribution in [0.4, 0.5) is 18.9 Å². The Bertz CT molecular complexity index is 1180. The van der Waals surface area contributed by atoms with Gasteiger partial charge in [0.15, 0.2) is 0 Å². The van der Waals surface area contributed by atoms with Crippen molar-refractivity contribution >= 4 is 17.5 Å². The highest BCUT2D eigenvalue weighted by Crippen LogP contribution is 2.43. The molecule has 0 aliphatic carbocycles. The van der Waals surface area contributed by atoms with Gasteiger partial charge in [0.1, 0.15) is 17.5 Å². The molecule has 1 heterocycles. The molecule has 1 aliphatic rings. The van der Waals surface area contributed by atoms with Crippen molar-refractivity contribution in [3.63, 3.8) is 0 Å². The maximum Gasteiger partial charge on any atom is 0.254 e. The van der Waals surface area contributed by atoms with Crippen LogP contribution >= 0.6 is 0 Å². The highest BCUT2D eigenvalue weighted by atomic mass is 19.1. The molecular weight excluding hydrogens is 433 g/mol. The van der Waals surface area contributed by atoms with Crippen molar-refractivity contribution in [2.24, 2.45) is 0 Å². The fraction of sp³-hybridized carbons (Fsp3) is 0.200. The van der Waals surface area contributed by atoms with Crippen LogP contribution in [0.15, 0.2) is 66.7 Å². The van der Waals surface area contributed by atoms with Gasteiger partial charge < -0.3 is 15.0 Å². The van der Waals surface area contributed by atoms with Gasteiger partial charge in [-0.2, -0.15) is 0 Å². The molecule has 33 heavy (non-hydrogen) atoms. The van der Waals surface area contributed by atoms with Gasteiger partial charge in [0.05, 0.1) is 24.3 Å². The Balaban J connectivity index is 1.83. The van der Waals surface area contributed by atoms with Crippen LogP contribution in [0.25, 0.3) is 0 Å². The average molecular weight is 454 g/mol. The van der Waals surface area contributed by atoms with Gasteiger partial charge in [-0.3, -0.25) is 9.59 Å². The third kappa shape index (κ3) is 4.47. The number of hydrogen-bond acceptors (Lipinski definition) is 3. The maximum atomic E-state index is 14.3. The topological polar surface area (TPSA) is 58.6 Å². The van der Waals surface area contributed by atoms with E-state index in [1.807, 2.05) is 0 Å². The van der Waals surface area contributed by atoms with E-state index < -0.39 is 35.3 Å². The fourth-order valence-electron chi connectivity index (χ4n) is 4.14. The minimum Gasteiger partial charge on any atom is -0.383 e. The molecule has 0 aromatic heterocycles. The van der Waals surface area contributed by atoms with Gasteiger partial charge in [-0.05, 0) is 41.5 Å². The lowest BCUT2D eigenvalue weighted by Gasteiger charge is -2.41. The van der Waals surface area contributed by atoms with Crippen LogP contribution in [0, 0.1) is 17.5 Å². The van der Waals surface area contributed by atoms with E-state index in [1.54, 1.807) is 24.3 Å². The molecule has 5 nitrogen and oxygen atoms in total. The molecule has 170 valence electrons. The summed E-state index contributed by atoms with van der Waals surface area (Å²) >= 11 is 0. The summed E-state index contributed by atoms with van der Waals surface area (Å²) in [6.45, 7) is 0.396. The Morgan fingerprint density at radius 2 is 1.70 bits per heavy atom. The summed E-state index contributed by atoms with van der Waals surface area (Å²) < 4.78 is 46.4.